The van der Waals surface area contributed by atoms with E-state index in [0.29, 0.717) is 18.1 Å². The highest BCUT2D eigenvalue weighted by Crippen LogP contribution is 2.31. The van der Waals surface area contributed by atoms with Crippen LogP contribution in [0.25, 0.3) is 6.08 Å². The molecule has 27 heavy (non-hydrogen) atoms. The molecule has 138 valence electrons. The highest BCUT2D eigenvalue weighted by Gasteiger charge is 2.24. The Morgan fingerprint density at radius 3 is 2.37 bits per heavy atom. The van der Waals surface area contributed by atoms with Gasteiger partial charge in [0.15, 0.2) is 11.4 Å². The number of aliphatic imine (C=N–C) groups is 1. The Morgan fingerprint density at radius 1 is 1.15 bits per heavy atom. The fraction of sp³-hybridized carbons (Fsp3) is 0.105. The number of carbonyl (C=O) groups is 2. The lowest BCUT2D eigenvalue weighted by Crippen LogP contribution is -2.08. The van der Waals surface area contributed by atoms with Crippen molar-refractivity contribution in [2.75, 3.05) is 0 Å². The van der Waals surface area contributed by atoms with Crippen molar-refractivity contribution < 1.29 is 19.1 Å². The largest absolute Gasteiger partial charge is 0.424 e. The summed E-state index contributed by atoms with van der Waals surface area (Å²) in [5, 5.41) is 0. The van der Waals surface area contributed by atoms with Crippen LogP contribution in [0.1, 0.15) is 24.5 Å². The summed E-state index contributed by atoms with van der Waals surface area (Å²) in [6.45, 7) is 1.75. The van der Waals surface area contributed by atoms with E-state index in [4.69, 9.17) is 9.47 Å². The molecule has 2 aromatic rings. The van der Waals surface area contributed by atoms with Crippen LogP contribution in [0.15, 0.2) is 47.1 Å². The molecule has 0 radical (unpaired) electrons. The van der Waals surface area contributed by atoms with E-state index >= 15 is 0 Å². The van der Waals surface area contributed by atoms with E-state index in [2.05, 4.69) is 72.8 Å². The average molecular weight is 699 g/mol. The molecule has 0 fully saturated rings. The molecule has 0 saturated carbocycles. The number of ether oxygens (including phenoxy) is 2. The Kier molecular flexibility index (Phi) is 6.89. The molecule has 0 unspecified atom stereocenters. The predicted octanol–water partition coefficient (Wildman–Crippen LogP) is 5.16. The van der Waals surface area contributed by atoms with Crippen molar-refractivity contribution >= 4 is 91.7 Å². The van der Waals surface area contributed by atoms with E-state index in [-0.39, 0.29) is 11.7 Å². The molecule has 0 N–H and O–H groups in total. The fourth-order valence-corrected chi connectivity index (χ4v) is 4.63. The Bertz CT molecular complexity index is 958. The maximum atomic E-state index is 12.2. The van der Waals surface area contributed by atoms with Gasteiger partial charge in [-0.15, -0.1) is 0 Å². The van der Waals surface area contributed by atoms with Crippen LogP contribution in [-0.4, -0.2) is 17.8 Å². The summed E-state index contributed by atoms with van der Waals surface area (Å²) in [5.74, 6) is 0.0425. The molecular weight excluding hydrogens is 687 g/mol. The average Bonchev–Trinajstić information content (AvgIpc) is 2.99. The van der Waals surface area contributed by atoms with Gasteiger partial charge in [-0.3, -0.25) is 4.79 Å². The third-order valence-electron chi connectivity index (χ3n) is 3.54. The molecule has 1 aliphatic heterocycles. The van der Waals surface area contributed by atoms with E-state index in [1.165, 1.54) is 0 Å². The summed E-state index contributed by atoms with van der Waals surface area (Å²) in [4.78, 5) is 28.1. The van der Waals surface area contributed by atoms with Gasteiger partial charge in [0.25, 0.3) is 0 Å². The van der Waals surface area contributed by atoms with Gasteiger partial charge in [0.2, 0.25) is 5.90 Å². The summed E-state index contributed by atoms with van der Waals surface area (Å²) in [5.41, 5.74) is 1.76. The van der Waals surface area contributed by atoms with Crippen LogP contribution in [0, 0.1) is 10.7 Å². The maximum absolute atomic E-state index is 12.2. The van der Waals surface area contributed by atoms with Crippen LogP contribution in [-0.2, 0) is 14.3 Å². The second-order valence-electron chi connectivity index (χ2n) is 5.48. The van der Waals surface area contributed by atoms with Gasteiger partial charge in [-0.05, 0) is 116 Å². The van der Waals surface area contributed by atoms with Crippen molar-refractivity contribution in [3.05, 3.63) is 63.9 Å². The molecule has 1 heterocycles. The monoisotopic (exact) mass is 699 g/mol. The highest BCUT2D eigenvalue weighted by molar-refractivity contribution is 14.1. The van der Waals surface area contributed by atoms with Gasteiger partial charge in [-0.2, -0.15) is 0 Å². The minimum absolute atomic E-state index is 0.230. The minimum Gasteiger partial charge on any atom is -0.424 e. The molecule has 0 spiro atoms. The lowest BCUT2D eigenvalue weighted by molar-refractivity contribution is -0.134. The number of nitrogens with zero attached hydrogens (tertiary/aromatic N) is 1. The number of carbonyl (C=O) groups excluding carboxylic acids is 2. The molecule has 0 saturated heterocycles. The van der Waals surface area contributed by atoms with Crippen LogP contribution in [0.2, 0.25) is 0 Å². The first kappa shape index (κ1) is 20.7. The van der Waals surface area contributed by atoms with E-state index in [0.717, 1.165) is 21.8 Å². The number of benzene rings is 2. The number of hydrogen-bond donors (Lipinski definition) is 0. The second-order valence-corrected chi connectivity index (χ2v) is 9.05. The van der Waals surface area contributed by atoms with Crippen LogP contribution < -0.4 is 4.74 Å². The van der Waals surface area contributed by atoms with Crippen LogP contribution >= 0.6 is 67.8 Å². The smallest absolute Gasteiger partial charge is 0.363 e. The first-order valence-corrected chi connectivity index (χ1v) is 11.1. The quantitative estimate of drug-likeness (QED) is 0.192. The van der Waals surface area contributed by atoms with Crippen molar-refractivity contribution in [1.82, 2.24) is 0 Å². The summed E-state index contributed by atoms with van der Waals surface area (Å²) in [6, 6.07) is 11.2. The third kappa shape index (κ3) is 5.08. The van der Waals surface area contributed by atoms with Gasteiger partial charge in [0, 0.05) is 15.6 Å². The van der Waals surface area contributed by atoms with Gasteiger partial charge in [0.1, 0.15) is 0 Å². The molecule has 5 nitrogen and oxygen atoms in total. The molecule has 0 atom stereocenters. The Balaban J connectivity index is 1.90. The van der Waals surface area contributed by atoms with Gasteiger partial charge in [-0.1, -0.05) is 6.92 Å². The van der Waals surface area contributed by atoms with Gasteiger partial charge in [0.05, 0.1) is 7.14 Å². The molecule has 0 aliphatic carbocycles. The van der Waals surface area contributed by atoms with Gasteiger partial charge < -0.3 is 9.47 Å². The SMILES string of the molecule is CCC(=O)Oc1c(I)cc(/C=C2\N=C(c3ccc(I)cc3)OC2=O)cc1I. The van der Waals surface area contributed by atoms with Crippen LogP contribution in [0.3, 0.4) is 0 Å². The van der Waals surface area contributed by atoms with E-state index < -0.39 is 5.97 Å². The predicted molar refractivity (Wildman–Crippen MR) is 128 cm³/mol. The second kappa shape index (κ2) is 8.99. The first-order chi connectivity index (χ1) is 12.9. The number of rotatable bonds is 4. The summed E-state index contributed by atoms with van der Waals surface area (Å²) in [6.07, 6.45) is 1.97. The normalized spacial score (nSPS) is 14.9. The van der Waals surface area contributed by atoms with Crippen molar-refractivity contribution in [3.63, 3.8) is 0 Å². The molecule has 0 aromatic heterocycles. The van der Waals surface area contributed by atoms with Crippen LogP contribution in [0.4, 0.5) is 0 Å². The third-order valence-corrected chi connectivity index (χ3v) is 5.86. The lowest BCUT2D eigenvalue weighted by Gasteiger charge is -2.09. The molecule has 8 heteroatoms. The summed E-state index contributed by atoms with van der Waals surface area (Å²) < 4.78 is 13.3. The topological polar surface area (TPSA) is 65.0 Å². The molecule has 2 aromatic carbocycles. The van der Waals surface area contributed by atoms with Gasteiger partial charge in [-0.25, -0.2) is 9.79 Å². The number of halogens is 3. The van der Waals surface area contributed by atoms with Crippen molar-refractivity contribution in [3.8, 4) is 5.75 Å². The summed E-state index contributed by atoms with van der Waals surface area (Å²) >= 11 is 6.42. The highest BCUT2D eigenvalue weighted by atomic mass is 127. The van der Waals surface area contributed by atoms with Crippen molar-refractivity contribution in [2.45, 2.75) is 13.3 Å². The molecular formula is C19H12I3NO4. The minimum atomic E-state index is -0.491. The fourth-order valence-electron chi connectivity index (χ4n) is 2.23. The molecule has 0 amide bonds. The molecule has 0 bridgehead atoms. The Hall–Kier alpha value is -1.02. The van der Waals surface area contributed by atoms with E-state index in [9.17, 15) is 9.59 Å². The number of cyclic esters (lactones) is 1. The molecule has 1 aliphatic rings. The zero-order valence-corrected chi connectivity index (χ0v) is 20.4. The Morgan fingerprint density at radius 2 is 1.78 bits per heavy atom. The van der Waals surface area contributed by atoms with Crippen LogP contribution in [0.5, 0.6) is 5.75 Å². The number of hydrogen-bond acceptors (Lipinski definition) is 5. The standard InChI is InChI=1S/C19H12I3NO4/c1-2-16(24)26-17-13(21)7-10(8-14(17)22)9-15-19(25)27-18(23-15)11-3-5-12(20)6-4-11/h3-9H,2H2,1H3/b15-9-. The van der Waals surface area contributed by atoms with Gasteiger partial charge >= 0.3 is 11.9 Å². The first-order valence-electron chi connectivity index (χ1n) is 7.85. The lowest BCUT2D eigenvalue weighted by atomic mass is 10.2. The van der Waals surface area contributed by atoms with E-state index in [1.54, 1.807) is 13.0 Å². The number of esters is 2. The van der Waals surface area contributed by atoms with E-state index in [1.807, 2.05) is 36.4 Å². The van der Waals surface area contributed by atoms with Crippen molar-refractivity contribution in [1.29, 1.82) is 0 Å². The zero-order valence-electron chi connectivity index (χ0n) is 14.0. The van der Waals surface area contributed by atoms with Crippen molar-refractivity contribution in [2.24, 2.45) is 4.99 Å². The zero-order chi connectivity index (χ0) is 19.6. The Labute approximate surface area is 197 Å². The maximum Gasteiger partial charge on any atom is 0.363 e. The molecule has 3 rings (SSSR count). The summed E-state index contributed by atoms with van der Waals surface area (Å²) in [7, 11) is 0.